The summed E-state index contributed by atoms with van der Waals surface area (Å²) in [5.41, 5.74) is 0.727. The van der Waals surface area contributed by atoms with Gasteiger partial charge in [0.1, 0.15) is 0 Å². The first-order valence-electron chi connectivity index (χ1n) is 5.40. The van der Waals surface area contributed by atoms with Crippen LogP contribution in [0, 0.1) is 5.92 Å². The highest BCUT2D eigenvalue weighted by Crippen LogP contribution is 2.14. The van der Waals surface area contributed by atoms with Crippen molar-refractivity contribution in [2.75, 3.05) is 13.1 Å². The Morgan fingerprint density at radius 1 is 1.43 bits per heavy atom. The quantitative estimate of drug-likeness (QED) is 0.508. The van der Waals surface area contributed by atoms with Crippen LogP contribution in [0.2, 0.25) is 0 Å². The van der Waals surface area contributed by atoms with Crippen LogP contribution in [-0.2, 0) is 0 Å². The summed E-state index contributed by atoms with van der Waals surface area (Å²) in [6.45, 7) is 11.8. The van der Waals surface area contributed by atoms with Gasteiger partial charge in [-0.2, -0.15) is 0 Å². The van der Waals surface area contributed by atoms with Gasteiger partial charge in [-0.25, -0.2) is 0 Å². The molecule has 0 saturated carbocycles. The monoisotopic (exact) mass is 199 g/mol. The van der Waals surface area contributed by atoms with Crippen molar-refractivity contribution >= 4 is 0 Å². The zero-order valence-corrected chi connectivity index (χ0v) is 10.2. The van der Waals surface area contributed by atoms with Crippen LogP contribution in [0.15, 0.2) is 11.6 Å². The first-order chi connectivity index (χ1) is 6.33. The summed E-state index contributed by atoms with van der Waals surface area (Å²) in [7, 11) is 0. The third-order valence-corrected chi connectivity index (χ3v) is 2.01. The summed E-state index contributed by atoms with van der Waals surface area (Å²) in [6.07, 6.45) is 2.97. The fraction of sp³-hybridized carbons (Fsp3) is 0.833. The Morgan fingerprint density at radius 3 is 2.43 bits per heavy atom. The first kappa shape index (κ1) is 13.7. The maximum Gasteiger partial charge on any atom is 0.0746 e. The van der Waals surface area contributed by atoms with Gasteiger partial charge in [-0.05, 0) is 33.1 Å². The van der Waals surface area contributed by atoms with Crippen LogP contribution in [0.25, 0.3) is 0 Å². The second-order valence-electron chi connectivity index (χ2n) is 5.01. The maximum absolute atomic E-state index is 9.97. The van der Waals surface area contributed by atoms with Crippen molar-refractivity contribution in [3.8, 4) is 0 Å². The topological polar surface area (TPSA) is 32.3 Å². The van der Waals surface area contributed by atoms with E-state index < -0.39 is 5.60 Å². The molecular formula is C12H25NO. The van der Waals surface area contributed by atoms with E-state index in [1.165, 1.54) is 5.57 Å². The lowest BCUT2D eigenvalue weighted by molar-refractivity contribution is 0.0395. The number of hydrogen-bond acceptors (Lipinski definition) is 2. The fourth-order valence-corrected chi connectivity index (χ4v) is 1.57. The average molecular weight is 199 g/mol. The molecule has 0 aliphatic carbocycles. The molecule has 0 rings (SSSR count). The van der Waals surface area contributed by atoms with Crippen molar-refractivity contribution < 1.29 is 5.11 Å². The number of rotatable bonds is 6. The number of allylic oxidation sites excluding steroid dienone is 1. The predicted molar refractivity (Wildman–Crippen MR) is 62.4 cm³/mol. The molecule has 0 aliphatic heterocycles. The standard InChI is InChI=1S/C12H25NO/c1-10(2)6-7-13-9-12(5,14)8-11(3)4/h6,11,13-14H,7-9H2,1-5H3. The van der Waals surface area contributed by atoms with E-state index >= 15 is 0 Å². The lowest BCUT2D eigenvalue weighted by atomic mass is 9.94. The van der Waals surface area contributed by atoms with Gasteiger partial charge in [-0.3, -0.25) is 0 Å². The molecule has 0 aromatic rings. The van der Waals surface area contributed by atoms with Gasteiger partial charge in [0, 0.05) is 13.1 Å². The minimum atomic E-state index is -0.580. The molecule has 0 fully saturated rings. The molecule has 0 aliphatic rings. The minimum absolute atomic E-state index is 0.537. The molecule has 84 valence electrons. The van der Waals surface area contributed by atoms with Crippen molar-refractivity contribution in [1.29, 1.82) is 0 Å². The zero-order chi connectivity index (χ0) is 11.2. The summed E-state index contributed by atoms with van der Waals surface area (Å²) in [4.78, 5) is 0. The highest BCUT2D eigenvalue weighted by molar-refractivity contribution is 4.94. The Kier molecular flexibility index (Phi) is 6.05. The Balaban J connectivity index is 3.71. The van der Waals surface area contributed by atoms with Crippen molar-refractivity contribution in [1.82, 2.24) is 5.32 Å². The summed E-state index contributed by atoms with van der Waals surface area (Å²) in [5.74, 6) is 0.537. The molecule has 0 aromatic heterocycles. The van der Waals surface area contributed by atoms with Gasteiger partial charge >= 0.3 is 0 Å². The molecule has 2 nitrogen and oxygen atoms in total. The summed E-state index contributed by atoms with van der Waals surface area (Å²) in [6, 6.07) is 0. The second kappa shape index (κ2) is 6.20. The fourth-order valence-electron chi connectivity index (χ4n) is 1.57. The molecule has 0 heterocycles. The largest absolute Gasteiger partial charge is 0.389 e. The van der Waals surface area contributed by atoms with Gasteiger partial charge in [-0.1, -0.05) is 25.5 Å². The van der Waals surface area contributed by atoms with E-state index in [4.69, 9.17) is 0 Å². The molecule has 0 spiro atoms. The van der Waals surface area contributed by atoms with Crippen LogP contribution < -0.4 is 5.32 Å². The Bertz CT molecular complexity index is 179. The van der Waals surface area contributed by atoms with Gasteiger partial charge in [0.05, 0.1) is 5.60 Å². The van der Waals surface area contributed by atoms with Crippen LogP contribution in [-0.4, -0.2) is 23.8 Å². The van der Waals surface area contributed by atoms with Gasteiger partial charge in [-0.15, -0.1) is 0 Å². The van der Waals surface area contributed by atoms with Gasteiger partial charge in [0.15, 0.2) is 0 Å². The molecule has 0 radical (unpaired) electrons. The zero-order valence-electron chi connectivity index (χ0n) is 10.2. The molecule has 2 N–H and O–H groups in total. The van der Waals surface area contributed by atoms with Crippen LogP contribution in [0.1, 0.15) is 41.0 Å². The molecule has 0 amide bonds. The Hall–Kier alpha value is -0.340. The van der Waals surface area contributed by atoms with E-state index in [1.807, 2.05) is 6.92 Å². The molecule has 0 aromatic carbocycles. The normalized spacial score (nSPS) is 15.4. The van der Waals surface area contributed by atoms with E-state index in [1.54, 1.807) is 0 Å². The first-order valence-corrected chi connectivity index (χ1v) is 5.40. The average Bonchev–Trinajstić information content (AvgIpc) is 1.95. The lowest BCUT2D eigenvalue weighted by Crippen LogP contribution is -2.39. The maximum atomic E-state index is 9.97. The SMILES string of the molecule is CC(C)=CCNCC(C)(O)CC(C)C. The molecule has 0 bridgehead atoms. The Labute approximate surface area is 88.4 Å². The van der Waals surface area contributed by atoms with E-state index in [-0.39, 0.29) is 0 Å². The van der Waals surface area contributed by atoms with Crippen molar-refractivity contribution in [2.45, 2.75) is 46.6 Å². The van der Waals surface area contributed by atoms with E-state index in [0.29, 0.717) is 12.5 Å². The third kappa shape index (κ3) is 8.27. The van der Waals surface area contributed by atoms with Crippen LogP contribution in [0.4, 0.5) is 0 Å². The summed E-state index contributed by atoms with van der Waals surface area (Å²) < 4.78 is 0. The van der Waals surface area contributed by atoms with Gasteiger partial charge in [0.25, 0.3) is 0 Å². The van der Waals surface area contributed by atoms with Crippen LogP contribution in [0.3, 0.4) is 0 Å². The molecule has 14 heavy (non-hydrogen) atoms. The lowest BCUT2D eigenvalue weighted by Gasteiger charge is -2.25. The molecule has 0 saturated heterocycles. The van der Waals surface area contributed by atoms with Gasteiger partial charge in [0.2, 0.25) is 0 Å². The predicted octanol–water partition coefficient (Wildman–Crippen LogP) is 2.34. The summed E-state index contributed by atoms with van der Waals surface area (Å²) >= 11 is 0. The van der Waals surface area contributed by atoms with E-state index in [0.717, 1.165) is 13.0 Å². The van der Waals surface area contributed by atoms with E-state index in [9.17, 15) is 5.11 Å². The number of aliphatic hydroxyl groups is 1. The van der Waals surface area contributed by atoms with Crippen molar-refractivity contribution in [3.63, 3.8) is 0 Å². The number of hydrogen-bond donors (Lipinski definition) is 2. The molecule has 2 heteroatoms. The van der Waals surface area contributed by atoms with Gasteiger partial charge < -0.3 is 10.4 Å². The third-order valence-electron chi connectivity index (χ3n) is 2.01. The minimum Gasteiger partial charge on any atom is -0.389 e. The Morgan fingerprint density at radius 2 is 2.00 bits per heavy atom. The van der Waals surface area contributed by atoms with E-state index in [2.05, 4.69) is 39.1 Å². The summed E-state index contributed by atoms with van der Waals surface area (Å²) in [5, 5.41) is 13.2. The van der Waals surface area contributed by atoms with Crippen LogP contribution >= 0.6 is 0 Å². The highest BCUT2D eigenvalue weighted by atomic mass is 16.3. The van der Waals surface area contributed by atoms with Crippen molar-refractivity contribution in [3.05, 3.63) is 11.6 Å². The van der Waals surface area contributed by atoms with Crippen molar-refractivity contribution in [2.24, 2.45) is 5.92 Å². The van der Waals surface area contributed by atoms with Crippen LogP contribution in [0.5, 0.6) is 0 Å². The highest BCUT2D eigenvalue weighted by Gasteiger charge is 2.20. The molecule has 1 unspecified atom stereocenters. The smallest absolute Gasteiger partial charge is 0.0746 e. The number of nitrogens with one attached hydrogen (secondary N) is 1. The molecular weight excluding hydrogens is 174 g/mol. The molecule has 1 atom stereocenters. The second-order valence-corrected chi connectivity index (χ2v) is 5.01.